The SMILES string of the molecule is CC(CBr)(CBr)c1ccccn1. The molecule has 0 atom stereocenters. The van der Waals surface area contributed by atoms with E-state index in [1.165, 1.54) is 0 Å². The molecule has 1 nitrogen and oxygen atoms in total. The van der Waals surface area contributed by atoms with E-state index in [4.69, 9.17) is 0 Å². The van der Waals surface area contributed by atoms with Crippen LogP contribution < -0.4 is 0 Å². The van der Waals surface area contributed by atoms with Gasteiger partial charge in [-0.3, -0.25) is 4.98 Å². The molecule has 0 unspecified atom stereocenters. The molecule has 0 amide bonds. The average molecular weight is 293 g/mol. The van der Waals surface area contributed by atoms with Crippen LogP contribution in [0.15, 0.2) is 24.4 Å². The Morgan fingerprint density at radius 2 is 2.00 bits per heavy atom. The van der Waals surface area contributed by atoms with Gasteiger partial charge in [-0.2, -0.15) is 0 Å². The van der Waals surface area contributed by atoms with Gasteiger partial charge in [-0.15, -0.1) is 0 Å². The van der Waals surface area contributed by atoms with Crippen LogP contribution in [0.5, 0.6) is 0 Å². The second-order valence-electron chi connectivity index (χ2n) is 3.04. The first-order valence-corrected chi connectivity index (χ1v) is 6.01. The molecule has 0 saturated heterocycles. The van der Waals surface area contributed by atoms with Crippen LogP contribution in [0.2, 0.25) is 0 Å². The number of halogens is 2. The maximum Gasteiger partial charge on any atom is 0.0479 e. The predicted molar refractivity (Wildman–Crippen MR) is 59.2 cm³/mol. The van der Waals surface area contributed by atoms with Crippen LogP contribution in [0.1, 0.15) is 12.6 Å². The summed E-state index contributed by atoms with van der Waals surface area (Å²) in [6, 6.07) is 6.01. The highest BCUT2D eigenvalue weighted by Crippen LogP contribution is 2.25. The number of alkyl halides is 2. The predicted octanol–water partition coefficient (Wildman–Crippen LogP) is 3.13. The first-order chi connectivity index (χ1) is 5.73. The molecule has 66 valence electrons. The molecule has 0 aliphatic heterocycles. The molecule has 0 saturated carbocycles. The van der Waals surface area contributed by atoms with Crippen molar-refractivity contribution in [2.75, 3.05) is 10.7 Å². The molecular formula is C9H11Br2N. The van der Waals surface area contributed by atoms with Crippen LogP contribution in [0, 0.1) is 0 Å². The van der Waals surface area contributed by atoms with Crippen LogP contribution in [0.4, 0.5) is 0 Å². The Morgan fingerprint density at radius 3 is 2.42 bits per heavy atom. The number of rotatable bonds is 3. The van der Waals surface area contributed by atoms with Gasteiger partial charge in [0.1, 0.15) is 0 Å². The number of aromatic nitrogens is 1. The Labute approximate surface area is 89.8 Å². The summed E-state index contributed by atoms with van der Waals surface area (Å²) in [5, 5.41) is 1.84. The van der Waals surface area contributed by atoms with E-state index in [9.17, 15) is 0 Å². The Kier molecular flexibility index (Phi) is 3.72. The van der Waals surface area contributed by atoms with Gasteiger partial charge in [-0.25, -0.2) is 0 Å². The molecule has 0 bridgehead atoms. The van der Waals surface area contributed by atoms with Gasteiger partial charge in [0.05, 0.1) is 0 Å². The Morgan fingerprint density at radius 1 is 1.33 bits per heavy atom. The van der Waals surface area contributed by atoms with Crippen molar-refractivity contribution < 1.29 is 0 Å². The Balaban J connectivity index is 2.95. The largest absolute Gasteiger partial charge is 0.261 e. The fourth-order valence-electron chi connectivity index (χ4n) is 0.892. The molecule has 12 heavy (non-hydrogen) atoms. The van der Waals surface area contributed by atoms with Gasteiger partial charge >= 0.3 is 0 Å². The molecule has 1 aromatic heterocycles. The first-order valence-electron chi connectivity index (χ1n) is 3.76. The molecule has 0 fully saturated rings. The molecule has 0 spiro atoms. The minimum Gasteiger partial charge on any atom is -0.261 e. The van der Waals surface area contributed by atoms with Gasteiger partial charge in [-0.05, 0) is 12.1 Å². The van der Waals surface area contributed by atoms with Crippen LogP contribution in [0.3, 0.4) is 0 Å². The smallest absolute Gasteiger partial charge is 0.0479 e. The van der Waals surface area contributed by atoms with Crippen LogP contribution in [-0.4, -0.2) is 15.6 Å². The fraction of sp³-hybridized carbons (Fsp3) is 0.444. The summed E-state index contributed by atoms with van der Waals surface area (Å²) in [4.78, 5) is 4.33. The van der Waals surface area contributed by atoms with Gasteiger partial charge in [-0.1, -0.05) is 44.8 Å². The molecule has 3 heteroatoms. The molecule has 0 aliphatic carbocycles. The van der Waals surface area contributed by atoms with E-state index >= 15 is 0 Å². The van der Waals surface area contributed by atoms with Crippen molar-refractivity contribution in [3.05, 3.63) is 30.1 Å². The standard InChI is InChI=1S/C9H11Br2N/c1-9(6-10,7-11)8-4-2-3-5-12-8/h2-5H,6-7H2,1H3. The van der Waals surface area contributed by atoms with Crippen molar-refractivity contribution in [3.63, 3.8) is 0 Å². The van der Waals surface area contributed by atoms with E-state index < -0.39 is 0 Å². The van der Waals surface area contributed by atoms with Crippen molar-refractivity contribution in [1.29, 1.82) is 0 Å². The van der Waals surface area contributed by atoms with Crippen LogP contribution in [-0.2, 0) is 5.41 Å². The van der Waals surface area contributed by atoms with Crippen molar-refractivity contribution in [2.45, 2.75) is 12.3 Å². The summed E-state index contributed by atoms with van der Waals surface area (Å²) >= 11 is 7.00. The Bertz CT molecular complexity index is 232. The van der Waals surface area contributed by atoms with Crippen molar-refractivity contribution in [2.24, 2.45) is 0 Å². The van der Waals surface area contributed by atoms with E-state index in [0.717, 1.165) is 16.4 Å². The van der Waals surface area contributed by atoms with Gasteiger partial charge in [0, 0.05) is 28.0 Å². The summed E-state index contributed by atoms with van der Waals surface area (Å²) < 4.78 is 0. The lowest BCUT2D eigenvalue weighted by molar-refractivity contribution is 0.600. The highest BCUT2D eigenvalue weighted by atomic mass is 79.9. The van der Waals surface area contributed by atoms with E-state index in [-0.39, 0.29) is 5.41 Å². The number of nitrogens with zero attached hydrogens (tertiary/aromatic N) is 1. The zero-order valence-electron chi connectivity index (χ0n) is 6.93. The second-order valence-corrected chi connectivity index (χ2v) is 4.16. The molecule has 0 aromatic carbocycles. The van der Waals surface area contributed by atoms with Gasteiger partial charge < -0.3 is 0 Å². The number of hydrogen-bond donors (Lipinski definition) is 0. The minimum absolute atomic E-state index is 0.0985. The molecular weight excluding hydrogens is 282 g/mol. The van der Waals surface area contributed by atoms with E-state index in [1.807, 2.05) is 18.3 Å². The topological polar surface area (TPSA) is 12.9 Å². The lowest BCUT2D eigenvalue weighted by Gasteiger charge is -2.23. The van der Waals surface area contributed by atoms with E-state index in [1.54, 1.807) is 0 Å². The minimum atomic E-state index is 0.0985. The van der Waals surface area contributed by atoms with E-state index in [2.05, 4.69) is 49.8 Å². The van der Waals surface area contributed by atoms with Crippen molar-refractivity contribution in [1.82, 2.24) is 4.98 Å². The molecule has 1 heterocycles. The Hall–Kier alpha value is 0.110. The zero-order valence-corrected chi connectivity index (χ0v) is 10.1. The van der Waals surface area contributed by atoms with Gasteiger partial charge in [0.15, 0.2) is 0 Å². The monoisotopic (exact) mass is 291 g/mol. The summed E-state index contributed by atoms with van der Waals surface area (Å²) in [6.07, 6.45) is 1.83. The van der Waals surface area contributed by atoms with Gasteiger partial charge in [0.25, 0.3) is 0 Å². The lowest BCUT2D eigenvalue weighted by atomic mass is 9.91. The van der Waals surface area contributed by atoms with Gasteiger partial charge in [0.2, 0.25) is 0 Å². The summed E-state index contributed by atoms with van der Waals surface area (Å²) in [6.45, 7) is 2.18. The average Bonchev–Trinajstić information content (AvgIpc) is 2.18. The summed E-state index contributed by atoms with van der Waals surface area (Å²) in [7, 11) is 0. The second kappa shape index (κ2) is 4.38. The quantitative estimate of drug-likeness (QED) is 0.780. The zero-order chi connectivity index (χ0) is 9.03. The highest BCUT2D eigenvalue weighted by molar-refractivity contribution is 9.09. The van der Waals surface area contributed by atoms with Crippen LogP contribution >= 0.6 is 31.9 Å². The third-order valence-electron chi connectivity index (χ3n) is 1.87. The molecule has 1 aromatic rings. The molecule has 0 radical (unpaired) electrons. The molecule has 0 N–H and O–H groups in total. The van der Waals surface area contributed by atoms with Crippen molar-refractivity contribution >= 4 is 31.9 Å². The molecule has 1 rings (SSSR count). The number of pyridine rings is 1. The molecule has 0 aliphatic rings. The number of hydrogen-bond acceptors (Lipinski definition) is 1. The third kappa shape index (κ3) is 2.07. The summed E-state index contributed by atoms with van der Waals surface area (Å²) in [5.74, 6) is 0. The van der Waals surface area contributed by atoms with Crippen molar-refractivity contribution in [3.8, 4) is 0 Å². The maximum atomic E-state index is 4.33. The fourth-order valence-corrected chi connectivity index (χ4v) is 2.40. The highest BCUT2D eigenvalue weighted by Gasteiger charge is 2.24. The lowest BCUT2D eigenvalue weighted by Crippen LogP contribution is -2.26. The van der Waals surface area contributed by atoms with Crippen LogP contribution in [0.25, 0.3) is 0 Å². The normalized spacial score (nSPS) is 11.6. The first kappa shape index (κ1) is 10.2. The summed E-state index contributed by atoms with van der Waals surface area (Å²) in [5.41, 5.74) is 1.22. The maximum absolute atomic E-state index is 4.33. The third-order valence-corrected chi connectivity index (χ3v) is 4.35. The van der Waals surface area contributed by atoms with E-state index in [0.29, 0.717) is 0 Å².